The van der Waals surface area contributed by atoms with Crippen molar-refractivity contribution in [2.75, 3.05) is 52.9 Å². The molecule has 0 saturated carbocycles. The zero-order valence-corrected chi connectivity index (χ0v) is 17.8. The highest BCUT2D eigenvalue weighted by Gasteiger charge is 2.37. The lowest BCUT2D eigenvalue weighted by Gasteiger charge is -2.33. The number of aromatic nitrogens is 1. The summed E-state index contributed by atoms with van der Waals surface area (Å²) in [6.07, 6.45) is 1.36. The number of aliphatic hydroxyl groups is 1. The lowest BCUT2D eigenvalue weighted by Crippen LogP contribution is -2.45. The van der Waals surface area contributed by atoms with Crippen LogP contribution in [0.15, 0.2) is 22.7 Å². The number of fused-ring (bicyclic) bond motifs is 1. The van der Waals surface area contributed by atoms with E-state index >= 15 is 0 Å². The summed E-state index contributed by atoms with van der Waals surface area (Å²) < 4.78 is 18.7. The molecule has 1 N–H and O–H groups in total. The van der Waals surface area contributed by atoms with E-state index in [1.807, 2.05) is 23.8 Å². The van der Waals surface area contributed by atoms with Gasteiger partial charge in [-0.2, -0.15) is 0 Å². The Morgan fingerprint density at radius 1 is 1.33 bits per heavy atom. The van der Waals surface area contributed by atoms with Crippen LogP contribution in [-0.2, 0) is 4.79 Å². The number of halogens is 1. The highest BCUT2D eigenvalue weighted by Crippen LogP contribution is 2.32. The Balaban J connectivity index is 1.29. The number of benzene rings is 1. The van der Waals surface area contributed by atoms with Gasteiger partial charge in [0.2, 0.25) is 5.91 Å². The van der Waals surface area contributed by atoms with Crippen molar-refractivity contribution in [3.8, 4) is 0 Å². The zero-order valence-electron chi connectivity index (χ0n) is 17.8. The molecule has 0 radical (unpaired) electrons. The van der Waals surface area contributed by atoms with Gasteiger partial charge in [0.25, 0.3) is 0 Å². The number of likely N-dealkylation sites (N-methyl/N-ethyl adjacent to an activating group) is 2. The number of rotatable bonds is 6. The minimum absolute atomic E-state index is 0.0607. The predicted molar refractivity (Wildman–Crippen MR) is 112 cm³/mol. The van der Waals surface area contributed by atoms with Crippen molar-refractivity contribution in [1.29, 1.82) is 0 Å². The summed E-state index contributed by atoms with van der Waals surface area (Å²) in [6.45, 7) is 7.20. The molecule has 0 aliphatic carbocycles. The fourth-order valence-corrected chi connectivity index (χ4v) is 4.80. The van der Waals surface area contributed by atoms with Gasteiger partial charge in [-0.05, 0) is 52.0 Å². The number of carbonyl (C=O) groups excluding carboxylic acids is 1. The van der Waals surface area contributed by atoms with Crippen molar-refractivity contribution in [3.63, 3.8) is 0 Å². The molecule has 0 bridgehead atoms. The minimum atomic E-state index is -0.571. The molecule has 2 aromatic rings. The molecule has 2 unspecified atom stereocenters. The van der Waals surface area contributed by atoms with Crippen LogP contribution in [0.5, 0.6) is 0 Å². The van der Waals surface area contributed by atoms with E-state index < -0.39 is 6.10 Å². The van der Waals surface area contributed by atoms with E-state index in [0.29, 0.717) is 37.7 Å². The van der Waals surface area contributed by atoms with Gasteiger partial charge in [-0.15, -0.1) is 0 Å². The molecule has 2 saturated heterocycles. The average molecular weight is 419 g/mol. The highest BCUT2D eigenvalue weighted by atomic mass is 19.1. The first-order valence-electron chi connectivity index (χ1n) is 10.9. The molecular weight excluding hydrogens is 387 g/mol. The van der Waals surface area contributed by atoms with E-state index in [2.05, 4.69) is 10.1 Å². The number of piperidine rings is 1. The second kappa shape index (κ2) is 8.99. The summed E-state index contributed by atoms with van der Waals surface area (Å²) in [5.74, 6) is -0.260. The molecule has 8 heteroatoms. The second-order valence-corrected chi connectivity index (χ2v) is 8.64. The molecule has 3 heterocycles. The van der Waals surface area contributed by atoms with Gasteiger partial charge in [0.05, 0.1) is 17.7 Å². The summed E-state index contributed by atoms with van der Waals surface area (Å²) in [6, 6.07) is 4.59. The minimum Gasteiger partial charge on any atom is -0.391 e. The van der Waals surface area contributed by atoms with Crippen LogP contribution in [0.25, 0.3) is 11.0 Å². The van der Waals surface area contributed by atoms with E-state index in [9.17, 15) is 14.3 Å². The molecule has 30 heavy (non-hydrogen) atoms. The fraction of sp³-hybridized carbons (Fsp3) is 0.636. The smallest absolute Gasteiger partial charge is 0.229 e. The third-order valence-corrected chi connectivity index (χ3v) is 6.60. The van der Waals surface area contributed by atoms with Crippen LogP contribution in [0.1, 0.15) is 31.4 Å². The molecule has 2 aliphatic heterocycles. The van der Waals surface area contributed by atoms with Crippen molar-refractivity contribution in [2.24, 2.45) is 5.92 Å². The SMILES string of the molecule is CCN(CCN1CCC(c2noc3cc(F)ccc23)CC1)C(=O)C1CN(C)CC1O. The van der Waals surface area contributed by atoms with E-state index in [0.717, 1.165) is 43.6 Å². The molecular formula is C22H31FN4O3. The van der Waals surface area contributed by atoms with Gasteiger partial charge < -0.3 is 24.3 Å². The number of hydrogen-bond acceptors (Lipinski definition) is 6. The van der Waals surface area contributed by atoms with E-state index in [1.54, 1.807) is 6.07 Å². The number of likely N-dealkylation sites (tertiary alicyclic amines) is 2. The first-order valence-corrected chi connectivity index (χ1v) is 10.9. The monoisotopic (exact) mass is 418 g/mol. The molecule has 2 fully saturated rings. The van der Waals surface area contributed by atoms with Crippen LogP contribution in [0.4, 0.5) is 4.39 Å². The van der Waals surface area contributed by atoms with E-state index in [4.69, 9.17) is 4.52 Å². The predicted octanol–water partition coefficient (Wildman–Crippen LogP) is 1.92. The van der Waals surface area contributed by atoms with Crippen molar-refractivity contribution in [1.82, 2.24) is 19.9 Å². The van der Waals surface area contributed by atoms with Crippen molar-refractivity contribution in [2.45, 2.75) is 31.8 Å². The fourth-order valence-electron chi connectivity index (χ4n) is 4.80. The van der Waals surface area contributed by atoms with Crippen LogP contribution in [0.2, 0.25) is 0 Å². The molecule has 1 aromatic carbocycles. The van der Waals surface area contributed by atoms with Crippen LogP contribution < -0.4 is 0 Å². The lowest BCUT2D eigenvalue weighted by atomic mass is 9.91. The molecule has 164 valence electrons. The van der Waals surface area contributed by atoms with Crippen molar-refractivity contribution in [3.05, 3.63) is 29.7 Å². The Morgan fingerprint density at radius 2 is 2.10 bits per heavy atom. The maximum Gasteiger partial charge on any atom is 0.229 e. The molecule has 7 nitrogen and oxygen atoms in total. The van der Waals surface area contributed by atoms with Crippen LogP contribution in [-0.4, -0.2) is 89.8 Å². The number of amides is 1. The zero-order chi connectivity index (χ0) is 21.3. The number of carbonyl (C=O) groups is 1. The van der Waals surface area contributed by atoms with Crippen LogP contribution in [0, 0.1) is 11.7 Å². The van der Waals surface area contributed by atoms with Crippen molar-refractivity contribution >= 4 is 16.9 Å². The van der Waals surface area contributed by atoms with Crippen LogP contribution in [0.3, 0.4) is 0 Å². The van der Waals surface area contributed by atoms with Gasteiger partial charge in [0, 0.05) is 50.1 Å². The normalized spacial score (nSPS) is 24.0. The Kier molecular flexibility index (Phi) is 6.36. The Hall–Kier alpha value is -2.03. The third kappa shape index (κ3) is 4.36. The van der Waals surface area contributed by atoms with Gasteiger partial charge in [-0.3, -0.25) is 4.79 Å². The molecule has 2 atom stereocenters. The van der Waals surface area contributed by atoms with Gasteiger partial charge in [0.1, 0.15) is 5.82 Å². The van der Waals surface area contributed by atoms with Crippen molar-refractivity contribution < 1.29 is 18.8 Å². The lowest BCUT2D eigenvalue weighted by molar-refractivity contribution is -0.137. The highest BCUT2D eigenvalue weighted by molar-refractivity contribution is 5.80. The quantitative estimate of drug-likeness (QED) is 0.773. The number of nitrogens with zero attached hydrogens (tertiary/aromatic N) is 4. The van der Waals surface area contributed by atoms with Gasteiger partial charge in [-0.25, -0.2) is 4.39 Å². The Morgan fingerprint density at radius 3 is 2.77 bits per heavy atom. The topological polar surface area (TPSA) is 73.1 Å². The summed E-state index contributed by atoms with van der Waals surface area (Å²) in [5.41, 5.74) is 1.43. The van der Waals surface area contributed by atoms with E-state index in [-0.39, 0.29) is 17.6 Å². The Bertz CT molecular complexity index is 880. The average Bonchev–Trinajstić information content (AvgIpc) is 3.30. The molecule has 0 spiro atoms. The maximum atomic E-state index is 13.4. The first kappa shape index (κ1) is 21.2. The summed E-state index contributed by atoms with van der Waals surface area (Å²) in [4.78, 5) is 19.1. The van der Waals surface area contributed by atoms with Crippen LogP contribution >= 0.6 is 0 Å². The molecule has 1 amide bonds. The maximum absolute atomic E-state index is 13.4. The number of hydrogen-bond donors (Lipinski definition) is 1. The number of β-amino-alcohol motifs (C(OH)–C–C–N with tert-alkyl or cyclic N) is 1. The summed E-state index contributed by atoms with van der Waals surface area (Å²) in [5, 5.41) is 15.3. The number of aliphatic hydroxyl groups excluding tert-OH is 1. The standard InChI is InChI=1S/C22H31FN4O3/c1-3-27(22(29)18-13-25(2)14-19(18)28)11-10-26-8-6-15(7-9-26)21-17-5-4-16(23)12-20(17)30-24-21/h4-5,12,15,18-19,28H,3,6-11,13-14H2,1-2H3. The first-order chi connectivity index (χ1) is 14.5. The molecule has 1 aromatic heterocycles. The largest absolute Gasteiger partial charge is 0.391 e. The second-order valence-electron chi connectivity index (χ2n) is 8.64. The summed E-state index contributed by atoms with van der Waals surface area (Å²) in [7, 11) is 1.94. The van der Waals surface area contributed by atoms with Gasteiger partial charge >= 0.3 is 0 Å². The summed E-state index contributed by atoms with van der Waals surface area (Å²) >= 11 is 0. The Labute approximate surface area is 176 Å². The van der Waals surface area contributed by atoms with Gasteiger partial charge in [0.15, 0.2) is 5.58 Å². The molecule has 2 aliphatic rings. The van der Waals surface area contributed by atoms with E-state index in [1.165, 1.54) is 12.1 Å². The van der Waals surface area contributed by atoms with Gasteiger partial charge in [-0.1, -0.05) is 5.16 Å². The third-order valence-electron chi connectivity index (χ3n) is 6.60. The molecule has 4 rings (SSSR count).